The molecule has 0 bridgehead atoms. The van der Waals surface area contributed by atoms with E-state index >= 15 is 0 Å². The molecule has 118 valence electrons. The van der Waals surface area contributed by atoms with Gasteiger partial charge in [0.2, 0.25) is 0 Å². The fourth-order valence-corrected chi connectivity index (χ4v) is 4.46. The second-order valence-corrected chi connectivity index (χ2v) is 7.55. The molecule has 0 unspecified atom stereocenters. The van der Waals surface area contributed by atoms with Gasteiger partial charge in [-0.25, -0.2) is 0 Å². The zero-order valence-corrected chi connectivity index (χ0v) is 15.6. The van der Waals surface area contributed by atoms with E-state index in [9.17, 15) is 5.11 Å². The predicted molar refractivity (Wildman–Crippen MR) is 92.7 cm³/mol. The summed E-state index contributed by atoms with van der Waals surface area (Å²) < 4.78 is 7.74. The van der Waals surface area contributed by atoms with Crippen molar-refractivity contribution >= 4 is 31.9 Å². The van der Waals surface area contributed by atoms with Crippen molar-refractivity contribution in [2.45, 2.75) is 39.2 Å². The van der Waals surface area contributed by atoms with Crippen molar-refractivity contribution in [3.8, 4) is 5.75 Å². The van der Waals surface area contributed by atoms with E-state index in [1.807, 2.05) is 13.0 Å². The summed E-state index contributed by atoms with van der Waals surface area (Å²) in [5.41, 5.74) is 1.21. The molecule has 1 saturated carbocycles. The number of benzene rings is 1. The quantitative estimate of drug-likeness (QED) is 0.692. The molecule has 5 heteroatoms. The molecule has 0 radical (unpaired) electrons. The summed E-state index contributed by atoms with van der Waals surface area (Å²) in [6.07, 6.45) is 4.71. The third kappa shape index (κ3) is 4.44. The van der Waals surface area contributed by atoms with Crippen molar-refractivity contribution in [2.24, 2.45) is 5.41 Å². The molecule has 0 aromatic heterocycles. The first-order valence-electron chi connectivity index (χ1n) is 7.52. The fourth-order valence-electron chi connectivity index (χ4n) is 3.03. The summed E-state index contributed by atoms with van der Waals surface area (Å²) in [7, 11) is 0. The van der Waals surface area contributed by atoms with Crippen LogP contribution in [0.3, 0.4) is 0 Å². The lowest BCUT2D eigenvalue weighted by atomic mass is 9.87. The number of ether oxygens (including phenoxy) is 1. The molecule has 1 aromatic rings. The van der Waals surface area contributed by atoms with Crippen LogP contribution < -0.4 is 10.1 Å². The molecule has 1 aromatic carbocycles. The van der Waals surface area contributed by atoms with E-state index in [-0.39, 0.29) is 12.0 Å². The van der Waals surface area contributed by atoms with Gasteiger partial charge in [0.05, 0.1) is 11.1 Å². The minimum atomic E-state index is 0.0784. The van der Waals surface area contributed by atoms with Crippen molar-refractivity contribution in [1.29, 1.82) is 0 Å². The van der Waals surface area contributed by atoms with Crippen LogP contribution in [0.5, 0.6) is 5.75 Å². The molecule has 0 heterocycles. The lowest BCUT2D eigenvalue weighted by Crippen LogP contribution is -2.34. The second kappa shape index (κ2) is 7.95. The molecule has 3 nitrogen and oxygen atoms in total. The van der Waals surface area contributed by atoms with Gasteiger partial charge in [0, 0.05) is 35.1 Å². The van der Waals surface area contributed by atoms with Gasteiger partial charge in [-0.1, -0.05) is 28.8 Å². The number of halogens is 2. The third-order valence-electron chi connectivity index (χ3n) is 4.19. The van der Waals surface area contributed by atoms with E-state index in [0.717, 1.165) is 46.2 Å². The normalized spacial score (nSPS) is 17.1. The SMILES string of the molecule is CCOc1c(Br)cc(Br)cc1CNCC1(CO)CCCC1. The molecule has 21 heavy (non-hydrogen) atoms. The zero-order valence-electron chi connectivity index (χ0n) is 12.4. The van der Waals surface area contributed by atoms with E-state index in [1.165, 1.54) is 12.8 Å². The molecule has 1 aliphatic carbocycles. The average Bonchev–Trinajstić information content (AvgIpc) is 2.92. The molecule has 2 rings (SSSR count). The van der Waals surface area contributed by atoms with Gasteiger partial charge in [-0.05, 0) is 47.8 Å². The van der Waals surface area contributed by atoms with Crippen LogP contribution in [0, 0.1) is 5.41 Å². The number of aliphatic hydroxyl groups excluding tert-OH is 1. The highest BCUT2D eigenvalue weighted by Gasteiger charge is 2.32. The smallest absolute Gasteiger partial charge is 0.138 e. The summed E-state index contributed by atoms with van der Waals surface area (Å²) in [6.45, 7) is 4.52. The Labute approximate surface area is 143 Å². The summed E-state index contributed by atoms with van der Waals surface area (Å²) in [6, 6.07) is 4.09. The Morgan fingerprint density at radius 3 is 2.62 bits per heavy atom. The van der Waals surface area contributed by atoms with E-state index in [4.69, 9.17) is 4.74 Å². The maximum atomic E-state index is 9.66. The predicted octanol–water partition coefficient (Wildman–Crippen LogP) is 4.25. The van der Waals surface area contributed by atoms with Gasteiger partial charge in [0.1, 0.15) is 5.75 Å². The first-order chi connectivity index (χ1) is 10.1. The highest BCUT2D eigenvalue weighted by atomic mass is 79.9. The van der Waals surface area contributed by atoms with Crippen molar-refractivity contribution in [1.82, 2.24) is 5.32 Å². The van der Waals surface area contributed by atoms with Crippen LogP contribution >= 0.6 is 31.9 Å². The van der Waals surface area contributed by atoms with Gasteiger partial charge in [-0.15, -0.1) is 0 Å². The topological polar surface area (TPSA) is 41.5 Å². The van der Waals surface area contributed by atoms with Crippen LogP contribution in [-0.2, 0) is 6.54 Å². The van der Waals surface area contributed by atoms with E-state index in [0.29, 0.717) is 6.61 Å². The average molecular weight is 421 g/mol. The minimum absolute atomic E-state index is 0.0784. The minimum Gasteiger partial charge on any atom is -0.492 e. The zero-order chi connectivity index (χ0) is 15.3. The number of hydrogen-bond acceptors (Lipinski definition) is 3. The molecule has 0 saturated heterocycles. The number of rotatable bonds is 7. The number of nitrogens with one attached hydrogen (secondary N) is 1. The fraction of sp³-hybridized carbons (Fsp3) is 0.625. The molecular weight excluding hydrogens is 398 g/mol. The Morgan fingerprint density at radius 1 is 1.29 bits per heavy atom. The van der Waals surface area contributed by atoms with Crippen LogP contribution in [0.4, 0.5) is 0 Å². The van der Waals surface area contributed by atoms with Crippen molar-refractivity contribution in [3.05, 3.63) is 26.6 Å². The first kappa shape index (κ1) is 17.3. The second-order valence-electron chi connectivity index (χ2n) is 5.78. The van der Waals surface area contributed by atoms with Crippen LogP contribution in [0.2, 0.25) is 0 Å². The highest BCUT2D eigenvalue weighted by Crippen LogP contribution is 2.37. The van der Waals surface area contributed by atoms with Gasteiger partial charge < -0.3 is 15.2 Å². The van der Waals surface area contributed by atoms with Crippen LogP contribution in [0.15, 0.2) is 21.1 Å². The van der Waals surface area contributed by atoms with Gasteiger partial charge in [0.15, 0.2) is 0 Å². The van der Waals surface area contributed by atoms with Crippen molar-refractivity contribution in [3.63, 3.8) is 0 Å². The lowest BCUT2D eigenvalue weighted by Gasteiger charge is -2.27. The largest absolute Gasteiger partial charge is 0.492 e. The van der Waals surface area contributed by atoms with Crippen LogP contribution in [0.25, 0.3) is 0 Å². The maximum Gasteiger partial charge on any atom is 0.138 e. The summed E-state index contributed by atoms with van der Waals surface area (Å²) in [4.78, 5) is 0. The Balaban J connectivity index is 2.02. The highest BCUT2D eigenvalue weighted by molar-refractivity contribution is 9.11. The Hall–Kier alpha value is -0.100. The van der Waals surface area contributed by atoms with Crippen LogP contribution in [0.1, 0.15) is 38.2 Å². The van der Waals surface area contributed by atoms with Gasteiger partial charge in [-0.2, -0.15) is 0 Å². The molecule has 1 aliphatic rings. The van der Waals surface area contributed by atoms with Crippen molar-refractivity contribution in [2.75, 3.05) is 19.8 Å². The Bertz CT molecular complexity index is 474. The van der Waals surface area contributed by atoms with E-state index < -0.39 is 0 Å². The monoisotopic (exact) mass is 419 g/mol. The number of aliphatic hydroxyl groups is 1. The molecule has 1 fully saturated rings. The van der Waals surface area contributed by atoms with Gasteiger partial charge in [0.25, 0.3) is 0 Å². The van der Waals surface area contributed by atoms with Crippen LogP contribution in [-0.4, -0.2) is 24.9 Å². The summed E-state index contributed by atoms with van der Waals surface area (Å²) >= 11 is 7.09. The Morgan fingerprint density at radius 2 is 2.00 bits per heavy atom. The lowest BCUT2D eigenvalue weighted by molar-refractivity contribution is 0.128. The molecule has 0 atom stereocenters. The Kier molecular flexibility index (Phi) is 6.53. The molecular formula is C16H23Br2NO2. The molecule has 0 aliphatic heterocycles. The van der Waals surface area contributed by atoms with E-state index in [1.54, 1.807) is 0 Å². The molecule has 2 N–H and O–H groups in total. The van der Waals surface area contributed by atoms with E-state index in [2.05, 4.69) is 43.2 Å². The maximum absolute atomic E-state index is 9.66. The molecule has 0 amide bonds. The standard InChI is InChI=1S/C16H23Br2NO2/c1-2-21-15-12(7-13(17)8-14(15)18)9-19-10-16(11-20)5-3-4-6-16/h7-8,19-20H,2-6,9-11H2,1H3. The third-order valence-corrected chi connectivity index (χ3v) is 5.24. The van der Waals surface area contributed by atoms with Crippen molar-refractivity contribution < 1.29 is 9.84 Å². The molecule has 0 spiro atoms. The first-order valence-corrected chi connectivity index (χ1v) is 9.11. The number of hydrogen-bond donors (Lipinski definition) is 2. The summed E-state index contributed by atoms with van der Waals surface area (Å²) in [5.74, 6) is 0.901. The van der Waals surface area contributed by atoms with Gasteiger partial charge in [-0.3, -0.25) is 0 Å². The summed E-state index contributed by atoms with van der Waals surface area (Å²) in [5, 5.41) is 13.2. The van der Waals surface area contributed by atoms with Gasteiger partial charge >= 0.3 is 0 Å².